The van der Waals surface area contributed by atoms with Crippen molar-refractivity contribution in [3.63, 3.8) is 0 Å². The first-order chi connectivity index (χ1) is 9.69. The predicted octanol–water partition coefficient (Wildman–Crippen LogP) is 4.29. The van der Waals surface area contributed by atoms with Gasteiger partial charge in [-0.1, -0.05) is 41.4 Å². The Kier molecular flexibility index (Phi) is 3.68. The minimum atomic E-state index is -0.310. The number of rotatable bonds is 3. The van der Waals surface area contributed by atoms with Gasteiger partial charge in [0.15, 0.2) is 0 Å². The molecule has 1 aromatic heterocycles. The normalized spacial score (nSPS) is 12.8. The summed E-state index contributed by atoms with van der Waals surface area (Å²) in [6.45, 7) is 0. The third-order valence-corrected chi connectivity index (χ3v) is 3.74. The zero-order valence-electron chi connectivity index (χ0n) is 10.4. The van der Waals surface area contributed by atoms with Crippen LogP contribution in [-0.4, -0.2) is 0 Å². The van der Waals surface area contributed by atoms with Gasteiger partial charge in [-0.15, -0.1) is 0 Å². The standard InChI is InChI=1S/C15H12Cl2N2O/c16-10-5-6-13-9(7-10)8-14(20-13)15(19-18)11-3-1-2-4-12(11)17/h1-8,15,19H,18H2. The highest BCUT2D eigenvalue weighted by atomic mass is 35.5. The summed E-state index contributed by atoms with van der Waals surface area (Å²) in [7, 11) is 0. The van der Waals surface area contributed by atoms with Gasteiger partial charge in [0.05, 0.1) is 0 Å². The lowest BCUT2D eigenvalue weighted by atomic mass is 10.0. The second-order valence-electron chi connectivity index (χ2n) is 4.45. The van der Waals surface area contributed by atoms with Gasteiger partial charge in [-0.25, -0.2) is 5.43 Å². The minimum Gasteiger partial charge on any atom is -0.459 e. The molecule has 3 rings (SSSR count). The summed E-state index contributed by atoms with van der Waals surface area (Å²) in [5.41, 5.74) is 4.36. The van der Waals surface area contributed by atoms with Crippen molar-refractivity contribution in [2.45, 2.75) is 6.04 Å². The van der Waals surface area contributed by atoms with E-state index in [-0.39, 0.29) is 6.04 Å². The van der Waals surface area contributed by atoms with Crippen molar-refractivity contribution in [3.8, 4) is 0 Å². The average Bonchev–Trinajstić information content (AvgIpc) is 2.84. The smallest absolute Gasteiger partial charge is 0.134 e. The number of nitrogens with two attached hydrogens (primary N) is 1. The van der Waals surface area contributed by atoms with Crippen molar-refractivity contribution in [2.24, 2.45) is 5.84 Å². The van der Waals surface area contributed by atoms with Crippen molar-refractivity contribution < 1.29 is 4.42 Å². The monoisotopic (exact) mass is 306 g/mol. The molecule has 0 aliphatic carbocycles. The van der Waals surface area contributed by atoms with E-state index >= 15 is 0 Å². The van der Waals surface area contributed by atoms with Gasteiger partial charge in [0.1, 0.15) is 17.4 Å². The van der Waals surface area contributed by atoms with Crippen LogP contribution in [0.25, 0.3) is 11.0 Å². The van der Waals surface area contributed by atoms with Crippen LogP contribution in [0.1, 0.15) is 17.4 Å². The number of benzene rings is 2. The molecule has 0 saturated carbocycles. The predicted molar refractivity (Wildman–Crippen MR) is 81.8 cm³/mol. The maximum Gasteiger partial charge on any atom is 0.134 e. The molecular formula is C15H12Cl2N2O. The summed E-state index contributed by atoms with van der Waals surface area (Å²) in [6, 6.07) is 14.6. The van der Waals surface area contributed by atoms with Crippen molar-refractivity contribution in [3.05, 3.63) is 69.9 Å². The molecule has 0 fully saturated rings. The van der Waals surface area contributed by atoms with E-state index in [4.69, 9.17) is 33.5 Å². The molecule has 0 saturated heterocycles. The molecule has 0 bridgehead atoms. The maximum atomic E-state index is 6.21. The maximum absolute atomic E-state index is 6.21. The van der Waals surface area contributed by atoms with E-state index in [0.29, 0.717) is 15.8 Å². The SMILES string of the molecule is NNC(c1cc2cc(Cl)ccc2o1)c1ccccc1Cl. The fraction of sp³-hybridized carbons (Fsp3) is 0.0667. The van der Waals surface area contributed by atoms with Gasteiger partial charge in [0.25, 0.3) is 0 Å². The largest absolute Gasteiger partial charge is 0.459 e. The minimum absolute atomic E-state index is 0.310. The highest BCUT2D eigenvalue weighted by Gasteiger charge is 2.19. The Morgan fingerprint density at radius 1 is 1.05 bits per heavy atom. The Morgan fingerprint density at radius 2 is 1.85 bits per heavy atom. The molecule has 0 aliphatic heterocycles. The number of furan rings is 1. The molecule has 0 radical (unpaired) electrons. The summed E-state index contributed by atoms with van der Waals surface area (Å²) in [4.78, 5) is 0. The fourth-order valence-electron chi connectivity index (χ4n) is 2.21. The number of hydrogen-bond donors (Lipinski definition) is 2. The first kappa shape index (κ1) is 13.5. The third kappa shape index (κ3) is 2.41. The topological polar surface area (TPSA) is 51.2 Å². The number of halogens is 2. The molecule has 1 unspecified atom stereocenters. The molecular weight excluding hydrogens is 295 g/mol. The molecule has 0 aliphatic rings. The number of fused-ring (bicyclic) bond motifs is 1. The van der Waals surface area contributed by atoms with Crippen LogP contribution in [0, 0.1) is 0 Å². The van der Waals surface area contributed by atoms with Crippen molar-refractivity contribution in [1.29, 1.82) is 0 Å². The lowest BCUT2D eigenvalue weighted by molar-refractivity contribution is 0.477. The van der Waals surface area contributed by atoms with Gasteiger partial charge >= 0.3 is 0 Å². The second-order valence-corrected chi connectivity index (χ2v) is 5.30. The molecule has 0 amide bonds. The van der Waals surface area contributed by atoms with E-state index < -0.39 is 0 Å². The van der Waals surface area contributed by atoms with Crippen LogP contribution in [-0.2, 0) is 0 Å². The molecule has 3 nitrogen and oxygen atoms in total. The van der Waals surface area contributed by atoms with E-state index in [1.165, 1.54) is 0 Å². The summed E-state index contributed by atoms with van der Waals surface area (Å²) >= 11 is 12.2. The van der Waals surface area contributed by atoms with Crippen molar-refractivity contribution in [1.82, 2.24) is 5.43 Å². The molecule has 102 valence electrons. The number of hydrogen-bond acceptors (Lipinski definition) is 3. The van der Waals surface area contributed by atoms with Crippen molar-refractivity contribution >= 4 is 34.2 Å². The van der Waals surface area contributed by atoms with Gasteiger partial charge in [0.2, 0.25) is 0 Å². The Hall–Kier alpha value is -1.52. The van der Waals surface area contributed by atoms with Crippen LogP contribution in [0.2, 0.25) is 10.0 Å². The van der Waals surface area contributed by atoms with E-state index in [2.05, 4.69) is 5.43 Å². The molecule has 5 heteroatoms. The van der Waals surface area contributed by atoms with Gasteiger partial charge in [0, 0.05) is 15.4 Å². The fourth-order valence-corrected chi connectivity index (χ4v) is 2.64. The average molecular weight is 307 g/mol. The zero-order chi connectivity index (χ0) is 14.1. The highest BCUT2D eigenvalue weighted by molar-refractivity contribution is 6.31. The highest BCUT2D eigenvalue weighted by Crippen LogP contribution is 2.32. The van der Waals surface area contributed by atoms with Crippen LogP contribution in [0.15, 0.2) is 52.9 Å². The Morgan fingerprint density at radius 3 is 2.60 bits per heavy atom. The van der Waals surface area contributed by atoms with Crippen LogP contribution < -0.4 is 11.3 Å². The molecule has 2 aromatic carbocycles. The van der Waals surface area contributed by atoms with Crippen molar-refractivity contribution in [2.75, 3.05) is 0 Å². The lowest BCUT2D eigenvalue weighted by Gasteiger charge is -2.14. The third-order valence-electron chi connectivity index (χ3n) is 3.16. The Balaban J connectivity index is 2.10. The molecule has 0 spiro atoms. The van der Waals surface area contributed by atoms with E-state index in [1.54, 1.807) is 6.07 Å². The zero-order valence-corrected chi connectivity index (χ0v) is 11.9. The van der Waals surface area contributed by atoms with Crippen LogP contribution in [0.3, 0.4) is 0 Å². The van der Waals surface area contributed by atoms with Gasteiger partial charge < -0.3 is 4.42 Å². The van der Waals surface area contributed by atoms with Gasteiger partial charge in [-0.2, -0.15) is 0 Å². The summed E-state index contributed by atoms with van der Waals surface area (Å²) in [6.07, 6.45) is 0. The van der Waals surface area contributed by atoms with E-state index in [9.17, 15) is 0 Å². The second kappa shape index (κ2) is 5.46. The van der Waals surface area contributed by atoms with Gasteiger partial charge in [-0.05, 0) is 35.9 Å². The van der Waals surface area contributed by atoms with Gasteiger partial charge in [-0.3, -0.25) is 5.84 Å². The molecule has 3 N–H and O–H groups in total. The Bertz CT molecular complexity index is 754. The van der Waals surface area contributed by atoms with E-state index in [0.717, 1.165) is 16.5 Å². The number of hydrazine groups is 1. The van der Waals surface area contributed by atoms with Crippen LogP contribution in [0.5, 0.6) is 0 Å². The summed E-state index contributed by atoms with van der Waals surface area (Å²) in [5, 5.41) is 2.23. The summed E-state index contributed by atoms with van der Waals surface area (Å²) in [5.74, 6) is 6.36. The molecule has 3 aromatic rings. The molecule has 1 heterocycles. The first-order valence-electron chi connectivity index (χ1n) is 6.08. The quantitative estimate of drug-likeness (QED) is 0.560. The first-order valence-corrected chi connectivity index (χ1v) is 6.84. The molecule has 1 atom stereocenters. The van der Waals surface area contributed by atoms with Crippen LogP contribution in [0.4, 0.5) is 0 Å². The lowest BCUT2D eigenvalue weighted by Crippen LogP contribution is -2.28. The molecule has 20 heavy (non-hydrogen) atoms. The van der Waals surface area contributed by atoms with Crippen LogP contribution >= 0.6 is 23.2 Å². The van der Waals surface area contributed by atoms with E-state index in [1.807, 2.05) is 42.5 Å². The summed E-state index contributed by atoms with van der Waals surface area (Å²) < 4.78 is 5.83. The number of nitrogens with one attached hydrogen (secondary N) is 1. The Labute approximate surface area is 126 Å².